The molecule has 0 spiro atoms. The van der Waals surface area contributed by atoms with Gasteiger partial charge in [-0.05, 0) is 11.6 Å². The van der Waals surface area contributed by atoms with Crippen molar-refractivity contribution < 1.29 is 9.90 Å². The predicted octanol–water partition coefficient (Wildman–Crippen LogP) is 2.21. The van der Waals surface area contributed by atoms with Crippen LogP contribution >= 0.6 is 12.6 Å². The zero-order valence-corrected chi connectivity index (χ0v) is 7.21. The molecule has 1 rings (SSSR count). The van der Waals surface area contributed by atoms with Gasteiger partial charge in [-0.2, -0.15) is 12.6 Å². The topological polar surface area (TPSA) is 49.3 Å². The molecule has 0 saturated heterocycles. The van der Waals surface area contributed by atoms with Gasteiger partial charge in [0.25, 0.3) is 0 Å². The summed E-state index contributed by atoms with van der Waals surface area (Å²) in [6.07, 6.45) is -1.05. The Bertz CT molecular complexity index is 288. The fourth-order valence-electron chi connectivity index (χ4n) is 0.895. The maximum Gasteiger partial charge on any atom is 0.409 e. The Kier molecular flexibility index (Phi) is 2.99. The minimum atomic E-state index is -1.05. The number of amides is 1. The Morgan fingerprint density at radius 1 is 1.50 bits per heavy atom. The van der Waals surface area contributed by atoms with Crippen molar-refractivity contribution in [3.63, 3.8) is 0 Å². The summed E-state index contributed by atoms with van der Waals surface area (Å²) < 4.78 is 0. The van der Waals surface area contributed by atoms with E-state index in [2.05, 4.69) is 17.9 Å². The predicted molar refractivity (Wildman–Crippen MR) is 50.8 cm³/mol. The molecule has 0 bridgehead atoms. The third-order valence-electron chi connectivity index (χ3n) is 1.43. The Balaban J connectivity index is 2.89. The van der Waals surface area contributed by atoms with E-state index in [9.17, 15) is 4.79 Å². The van der Waals surface area contributed by atoms with Crippen LogP contribution in [-0.4, -0.2) is 11.2 Å². The molecule has 3 nitrogen and oxygen atoms in total. The number of rotatable bonds is 2. The van der Waals surface area contributed by atoms with Crippen LogP contribution in [0.2, 0.25) is 0 Å². The van der Waals surface area contributed by atoms with Gasteiger partial charge in [-0.25, -0.2) is 4.79 Å². The molecule has 0 atom stereocenters. The lowest BCUT2D eigenvalue weighted by Gasteiger charge is -2.05. The first-order valence-electron chi connectivity index (χ1n) is 3.42. The number of hydrogen-bond acceptors (Lipinski definition) is 2. The maximum absolute atomic E-state index is 10.3. The minimum absolute atomic E-state index is 0.524. The summed E-state index contributed by atoms with van der Waals surface area (Å²) in [5.41, 5.74) is 1.48. The molecule has 0 aliphatic heterocycles. The Morgan fingerprint density at radius 2 is 2.17 bits per heavy atom. The molecule has 1 amide bonds. The van der Waals surface area contributed by atoms with Crippen LogP contribution in [0.1, 0.15) is 5.56 Å². The van der Waals surface area contributed by atoms with Gasteiger partial charge < -0.3 is 5.11 Å². The van der Waals surface area contributed by atoms with Gasteiger partial charge in [0.05, 0.1) is 0 Å². The van der Waals surface area contributed by atoms with Gasteiger partial charge in [0.2, 0.25) is 0 Å². The summed E-state index contributed by atoms with van der Waals surface area (Å²) in [6, 6.07) is 7.16. The van der Waals surface area contributed by atoms with Crippen LogP contribution in [0.5, 0.6) is 0 Å². The number of nitrogens with one attached hydrogen (secondary N) is 1. The van der Waals surface area contributed by atoms with E-state index >= 15 is 0 Å². The second-order valence-electron chi connectivity index (χ2n) is 2.25. The van der Waals surface area contributed by atoms with Gasteiger partial charge in [-0.15, -0.1) is 0 Å². The molecule has 64 valence electrons. The average molecular weight is 183 g/mol. The number of carbonyl (C=O) groups is 1. The molecule has 4 heteroatoms. The second-order valence-corrected chi connectivity index (χ2v) is 2.56. The summed E-state index contributed by atoms with van der Waals surface area (Å²) in [5.74, 6) is 0.524. The average Bonchev–Trinajstić information content (AvgIpc) is 2.04. The molecule has 0 heterocycles. The fourth-order valence-corrected chi connectivity index (χ4v) is 1.17. The number of thiol groups is 1. The van der Waals surface area contributed by atoms with Gasteiger partial charge >= 0.3 is 6.09 Å². The van der Waals surface area contributed by atoms with E-state index in [1.54, 1.807) is 12.1 Å². The number of para-hydroxylation sites is 1. The lowest BCUT2D eigenvalue weighted by Crippen LogP contribution is -2.08. The molecule has 0 radical (unpaired) electrons. The molecule has 1 aromatic carbocycles. The molecular formula is C8H9NO2S. The van der Waals surface area contributed by atoms with Crippen LogP contribution in [0.15, 0.2) is 24.3 Å². The molecule has 0 saturated carbocycles. The standard InChI is InChI=1S/C8H9NO2S/c10-8(11)9-7-4-2-1-3-6(7)5-12/h1-4,9,12H,5H2,(H,10,11). The Morgan fingerprint density at radius 3 is 2.75 bits per heavy atom. The summed E-state index contributed by atoms with van der Waals surface area (Å²) in [6.45, 7) is 0. The first-order chi connectivity index (χ1) is 5.74. The molecule has 0 aromatic heterocycles. The summed E-state index contributed by atoms with van der Waals surface area (Å²) in [7, 11) is 0. The molecule has 0 aliphatic rings. The van der Waals surface area contributed by atoms with Crippen LogP contribution in [0.4, 0.5) is 10.5 Å². The molecule has 0 unspecified atom stereocenters. The van der Waals surface area contributed by atoms with Crippen LogP contribution in [0, 0.1) is 0 Å². The van der Waals surface area contributed by atoms with Gasteiger partial charge in [-0.1, -0.05) is 18.2 Å². The van der Waals surface area contributed by atoms with E-state index in [4.69, 9.17) is 5.11 Å². The summed E-state index contributed by atoms with van der Waals surface area (Å²) in [5, 5.41) is 10.7. The van der Waals surface area contributed by atoms with Crippen molar-refractivity contribution in [3.8, 4) is 0 Å². The maximum atomic E-state index is 10.3. The van der Waals surface area contributed by atoms with Crippen molar-refractivity contribution in [2.45, 2.75) is 5.75 Å². The third-order valence-corrected chi connectivity index (χ3v) is 1.77. The third kappa shape index (κ3) is 2.17. The first-order valence-corrected chi connectivity index (χ1v) is 4.06. The van der Waals surface area contributed by atoms with Gasteiger partial charge in [0.1, 0.15) is 0 Å². The Labute approximate surface area is 75.8 Å². The lowest BCUT2D eigenvalue weighted by atomic mass is 10.2. The number of carboxylic acid groups (broad SMARTS) is 1. The Hall–Kier alpha value is -1.16. The number of hydrogen-bond donors (Lipinski definition) is 3. The van der Waals surface area contributed by atoms with Crippen molar-refractivity contribution in [2.24, 2.45) is 0 Å². The highest BCUT2D eigenvalue weighted by atomic mass is 32.1. The molecule has 2 N–H and O–H groups in total. The highest BCUT2D eigenvalue weighted by Gasteiger charge is 2.01. The summed E-state index contributed by atoms with van der Waals surface area (Å²) in [4.78, 5) is 10.3. The molecule has 0 aliphatic carbocycles. The van der Waals surface area contributed by atoms with Crippen molar-refractivity contribution in [2.75, 3.05) is 5.32 Å². The number of anilines is 1. The smallest absolute Gasteiger partial charge is 0.409 e. The second kappa shape index (κ2) is 4.01. The van der Waals surface area contributed by atoms with E-state index in [1.807, 2.05) is 12.1 Å². The van der Waals surface area contributed by atoms with Crippen molar-refractivity contribution in [3.05, 3.63) is 29.8 Å². The largest absolute Gasteiger partial charge is 0.465 e. The van der Waals surface area contributed by atoms with Gasteiger partial charge in [0.15, 0.2) is 0 Å². The first kappa shape index (κ1) is 8.93. The highest BCUT2D eigenvalue weighted by molar-refractivity contribution is 7.79. The monoisotopic (exact) mass is 183 g/mol. The van der Waals surface area contributed by atoms with E-state index in [-0.39, 0.29) is 0 Å². The molecule has 1 aromatic rings. The zero-order chi connectivity index (χ0) is 8.97. The van der Waals surface area contributed by atoms with Gasteiger partial charge in [-0.3, -0.25) is 5.32 Å². The quantitative estimate of drug-likeness (QED) is 0.616. The van der Waals surface area contributed by atoms with Crippen LogP contribution in [0.3, 0.4) is 0 Å². The fraction of sp³-hybridized carbons (Fsp3) is 0.125. The van der Waals surface area contributed by atoms with E-state index < -0.39 is 6.09 Å². The SMILES string of the molecule is O=C(O)Nc1ccccc1CS. The van der Waals surface area contributed by atoms with Crippen molar-refractivity contribution in [1.82, 2.24) is 0 Å². The number of benzene rings is 1. The van der Waals surface area contributed by atoms with E-state index in [1.165, 1.54) is 0 Å². The molecule has 12 heavy (non-hydrogen) atoms. The summed E-state index contributed by atoms with van der Waals surface area (Å²) >= 11 is 4.07. The van der Waals surface area contributed by atoms with Crippen LogP contribution < -0.4 is 5.32 Å². The van der Waals surface area contributed by atoms with Crippen molar-refractivity contribution >= 4 is 24.4 Å². The molecular weight excluding hydrogens is 174 g/mol. The van der Waals surface area contributed by atoms with Crippen LogP contribution in [-0.2, 0) is 5.75 Å². The normalized spacial score (nSPS) is 9.42. The highest BCUT2D eigenvalue weighted by Crippen LogP contribution is 2.16. The minimum Gasteiger partial charge on any atom is -0.465 e. The lowest BCUT2D eigenvalue weighted by molar-refractivity contribution is 0.209. The molecule has 0 fully saturated rings. The van der Waals surface area contributed by atoms with Crippen molar-refractivity contribution in [1.29, 1.82) is 0 Å². The van der Waals surface area contributed by atoms with Gasteiger partial charge in [0, 0.05) is 11.4 Å². The van der Waals surface area contributed by atoms with Crippen LogP contribution in [0.25, 0.3) is 0 Å². The van der Waals surface area contributed by atoms with E-state index in [0.29, 0.717) is 11.4 Å². The van der Waals surface area contributed by atoms with E-state index in [0.717, 1.165) is 5.56 Å². The zero-order valence-electron chi connectivity index (χ0n) is 6.32.